The van der Waals surface area contributed by atoms with E-state index in [2.05, 4.69) is 20.9 Å². The topological polar surface area (TPSA) is 59.0 Å². The average molecular weight is 449 g/mol. The number of aliphatic imine (C=N–C) groups is 1. The number of fused-ring (bicyclic) bond motifs is 1. The molecule has 0 radical (unpaired) electrons. The number of carbonyl (C=O) groups is 2. The van der Waals surface area contributed by atoms with Crippen molar-refractivity contribution in [2.75, 3.05) is 26.3 Å². The summed E-state index contributed by atoms with van der Waals surface area (Å²) in [5.74, 6) is -1.25. The van der Waals surface area contributed by atoms with Crippen LogP contribution in [0.3, 0.4) is 0 Å². The van der Waals surface area contributed by atoms with E-state index < -0.39 is 11.8 Å². The van der Waals surface area contributed by atoms with Crippen LogP contribution >= 0.6 is 15.9 Å². The molecule has 0 unspecified atom stereocenters. The maximum Gasteiger partial charge on any atom is 0.252 e. The van der Waals surface area contributed by atoms with E-state index in [1.807, 2.05) is 6.92 Å². The Morgan fingerprint density at radius 1 is 1.25 bits per heavy atom. The summed E-state index contributed by atoms with van der Waals surface area (Å²) >= 11 is 3.25. The average Bonchev–Trinajstić information content (AvgIpc) is 2.69. The predicted octanol–water partition coefficient (Wildman–Crippen LogP) is 3.63. The number of rotatable bonds is 2. The number of amides is 1. The number of halogens is 2. The van der Waals surface area contributed by atoms with E-state index in [0.29, 0.717) is 48.5 Å². The van der Waals surface area contributed by atoms with Crippen LogP contribution in [0.5, 0.6) is 0 Å². The number of benzene rings is 1. The Morgan fingerprint density at radius 2 is 2.00 bits per heavy atom. The highest BCUT2D eigenvalue weighted by molar-refractivity contribution is 9.10. The van der Waals surface area contributed by atoms with Crippen molar-refractivity contribution in [3.8, 4) is 0 Å². The molecule has 1 saturated heterocycles. The Hall–Kier alpha value is -1.86. The number of hydrogen-bond acceptors (Lipinski definition) is 4. The number of morpholine rings is 1. The molecule has 0 spiro atoms. The van der Waals surface area contributed by atoms with E-state index in [-0.39, 0.29) is 17.5 Å². The molecule has 1 saturated carbocycles. The first kappa shape index (κ1) is 19.5. The second-order valence-electron chi connectivity index (χ2n) is 7.46. The standard InChI is InChI=1S/C21H22BrFN2O3/c1-12-18(21(27)25-7-9-28-10-8-25)19(13-5-6-15(23)14(22)11-13)20-16(24-12)3-2-4-17(20)26/h5-6,11,19-20H,2-4,7-10H2,1H3/t19-,20-/m0/s1. The van der Waals surface area contributed by atoms with Gasteiger partial charge in [0.05, 0.1) is 23.6 Å². The molecule has 2 aliphatic heterocycles. The van der Waals surface area contributed by atoms with Gasteiger partial charge in [0, 0.05) is 42.4 Å². The van der Waals surface area contributed by atoms with Gasteiger partial charge in [-0.1, -0.05) is 6.07 Å². The fourth-order valence-corrected chi connectivity index (χ4v) is 4.80. The third-order valence-electron chi connectivity index (χ3n) is 5.74. The third-order valence-corrected chi connectivity index (χ3v) is 6.35. The quantitative estimate of drug-likeness (QED) is 0.693. The molecule has 1 aliphatic carbocycles. The summed E-state index contributed by atoms with van der Waals surface area (Å²) in [6.07, 6.45) is 2.03. The van der Waals surface area contributed by atoms with Gasteiger partial charge in [-0.2, -0.15) is 0 Å². The first-order valence-corrected chi connectivity index (χ1v) is 10.4. The molecular weight excluding hydrogens is 427 g/mol. The lowest BCUT2D eigenvalue weighted by molar-refractivity contribution is -0.131. The van der Waals surface area contributed by atoms with Gasteiger partial charge in [0.1, 0.15) is 11.6 Å². The van der Waals surface area contributed by atoms with Gasteiger partial charge in [0.2, 0.25) is 0 Å². The largest absolute Gasteiger partial charge is 0.378 e. The molecule has 3 aliphatic rings. The molecule has 1 amide bonds. The van der Waals surface area contributed by atoms with Gasteiger partial charge in [-0.25, -0.2) is 4.39 Å². The summed E-state index contributed by atoms with van der Waals surface area (Å²) in [6, 6.07) is 4.74. The van der Waals surface area contributed by atoms with Gasteiger partial charge in [-0.05, 0) is 53.4 Å². The smallest absolute Gasteiger partial charge is 0.252 e. The first-order chi connectivity index (χ1) is 13.5. The molecule has 1 aromatic carbocycles. The number of allylic oxidation sites excluding steroid dienone is 1. The molecule has 0 bridgehead atoms. The monoisotopic (exact) mass is 448 g/mol. The lowest BCUT2D eigenvalue weighted by Crippen LogP contribution is -2.45. The number of Topliss-reactive ketones (excluding diaryl/α,β-unsaturated/α-hetero) is 1. The van der Waals surface area contributed by atoms with Crippen molar-refractivity contribution >= 4 is 33.3 Å². The fourth-order valence-electron chi connectivity index (χ4n) is 4.40. The number of ether oxygens (including phenoxy) is 1. The zero-order chi connectivity index (χ0) is 19.8. The van der Waals surface area contributed by atoms with Crippen molar-refractivity contribution in [2.24, 2.45) is 10.9 Å². The van der Waals surface area contributed by atoms with Gasteiger partial charge in [0.15, 0.2) is 0 Å². The minimum atomic E-state index is -0.449. The fraction of sp³-hybridized carbons (Fsp3) is 0.476. The summed E-state index contributed by atoms with van der Waals surface area (Å²) in [5, 5.41) is 0. The summed E-state index contributed by atoms with van der Waals surface area (Å²) < 4.78 is 19.6. The van der Waals surface area contributed by atoms with Crippen LogP contribution < -0.4 is 0 Å². The minimum Gasteiger partial charge on any atom is -0.378 e. The summed E-state index contributed by atoms with van der Waals surface area (Å²) in [4.78, 5) is 32.8. The van der Waals surface area contributed by atoms with Crippen LogP contribution in [0.15, 0.2) is 38.9 Å². The van der Waals surface area contributed by atoms with Crippen molar-refractivity contribution in [2.45, 2.75) is 32.1 Å². The normalized spacial score (nSPS) is 25.5. The van der Waals surface area contributed by atoms with Gasteiger partial charge in [0.25, 0.3) is 5.91 Å². The molecule has 1 aromatic rings. The van der Waals surface area contributed by atoms with E-state index in [1.54, 1.807) is 17.0 Å². The molecule has 0 N–H and O–H groups in total. The molecule has 148 valence electrons. The number of hydrogen-bond donors (Lipinski definition) is 0. The van der Waals surface area contributed by atoms with Gasteiger partial charge < -0.3 is 9.64 Å². The molecule has 28 heavy (non-hydrogen) atoms. The van der Waals surface area contributed by atoms with E-state index in [1.165, 1.54) is 6.07 Å². The van der Waals surface area contributed by atoms with Crippen molar-refractivity contribution in [1.29, 1.82) is 0 Å². The van der Waals surface area contributed by atoms with Crippen molar-refractivity contribution in [3.63, 3.8) is 0 Å². The van der Waals surface area contributed by atoms with Crippen LogP contribution in [-0.2, 0) is 14.3 Å². The van der Waals surface area contributed by atoms with Gasteiger partial charge in [-0.3, -0.25) is 14.6 Å². The molecule has 2 heterocycles. The van der Waals surface area contributed by atoms with Crippen LogP contribution in [0.25, 0.3) is 0 Å². The predicted molar refractivity (Wildman–Crippen MR) is 107 cm³/mol. The Morgan fingerprint density at radius 3 is 2.71 bits per heavy atom. The number of carbonyl (C=O) groups excluding carboxylic acids is 2. The van der Waals surface area contributed by atoms with Crippen molar-refractivity contribution in [1.82, 2.24) is 4.90 Å². The minimum absolute atomic E-state index is 0.104. The van der Waals surface area contributed by atoms with Crippen molar-refractivity contribution in [3.05, 3.63) is 45.3 Å². The van der Waals surface area contributed by atoms with Gasteiger partial charge in [-0.15, -0.1) is 0 Å². The number of nitrogens with zero attached hydrogens (tertiary/aromatic N) is 2. The van der Waals surface area contributed by atoms with E-state index in [0.717, 1.165) is 24.1 Å². The maximum atomic E-state index is 13.9. The second kappa shape index (κ2) is 7.87. The molecule has 5 nitrogen and oxygen atoms in total. The summed E-state index contributed by atoms with van der Waals surface area (Å²) in [7, 11) is 0. The van der Waals surface area contributed by atoms with E-state index in [4.69, 9.17) is 4.74 Å². The highest BCUT2D eigenvalue weighted by Crippen LogP contribution is 2.44. The lowest BCUT2D eigenvalue weighted by atomic mass is 9.69. The highest BCUT2D eigenvalue weighted by atomic mass is 79.9. The highest BCUT2D eigenvalue weighted by Gasteiger charge is 2.44. The molecule has 2 atom stereocenters. The molecule has 0 aromatic heterocycles. The van der Waals surface area contributed by atoms with Crippen LogP contribution in [-0.4, -0.2) is 48.6 Å². The molecule has 2 fully saturated rings. The van der Waals surface area contributed by atoms with E-state index >= 15 is 0 Å². The first-order valence-electron chi connectivity index (χ1n) is 9.60. The Kier molecular flexibility index (Phi) is 5.47. The zero-order valence-electron chi connectivity index (χ0n) is 15.7. The Balaban J connectivity index is 1.83. The Labute approximate surface area is 171 Å². The lowest BCUT2D eigenvalue weighted by Gasteiger charge is -2.38. The van der Waals surface area contributed by atoms with Gasteiger partial charge >= 0.3 is 0 Å². The van der Waals surface area contributed by atoms with Crippen molar-refractivity contribution < 1.29 is 18.7 Å². The zero-order valence-corrected chi connectivity index (χ0v) is 17.3. The maximum absolute atomic E-state index is 13.9. The third kappa shape index (κ3) is 3.46. The number of ketones is 1. The van der Waals surface area contributed by atoms with Crippen LogP contribution in [0.1, 0.15) is 37.7 Å². The van der Waals surface area contributed by atoms with E-state index in [9.17, 15) is 14.0 Å². The molecule has 4 rings (SSSR count). The van der Waals surface area contributed by atoms with Crippen LogP contribution in [0, 0.1) is 11.7 Å². The van der Waals surface area contributed by atoms with Crippen LogP contribution in [0.4, 0.5) is 4.39 Å². The molecule has 7 heteroatoms. The van der Waals surface area contributed by atoms with Crippen LogP contribution in [0.2, 0.25) is 0 Å². The molecular formula is C21H22BrFN2O3. The summed E-state index contributed by atoms with van der Waals surface area (Å²) in [6.45, 7) is 3.88. The second-order valence-corrected chi connectivity index (χ2v) is 8.31. The SMILES string of the molecule is CC1=C(C(=O)N2CCOCC2)[C@H](c2ccc(F)c(Br)c2)[C@@H]2C(=O)CCCC2=N1. The summed E-state index contributed by atoms with van der Waals surface area (Å²) in [5.41, 5.74) is 2.81. The Bertz CT molecular complexity index is 890.